The highest BCUT2D eigenvalue weighted by molar-refractivity contribution is 5.60. The number of hydrogen-bond donors (Lipinski definition) is 1. The minimum atomic E-state index is 0.685. The van der Waals surface area contributed by atoms with Crippen LogP contribution in [0, 0.1) is 24.7 Å². The van der Waals surface area contributed by atoms with Crippen LogP contribution in [0.15, 0.2) is 18.3 Å². The number of hydrogen-bond acceptors (Lipinski definition) is 5. The number of nitrogens with one attached hydrogen (secondary N) is 1. The maximum Gasteiger partial charge on any atom is 0.0964 e. The quantitative estimate of drug-likeness (QED) is 0.835. The van der Waals surface area contributed by atoms with E-state index in [2.05, 4.69) is 37.6 Å². The minimum Gasteiger partial charge on any atom is -0.308 e. The average molecular weight is 381 g/mol. The molecule has 2 aromatic rings. The predicted octanol–water partition coefficient (Wildman–Crippen LogP) is 2.79. The van der Waals surface area contributed by atoms with Crippen molar-refractivity contribution in [3.63, 3.8) is 0 Å². The average Bonchev–Trinajstić information content (AvgIpc) is 2.99. The first-order valence-corrected chi connectivity index (χ1v) is 11.0. The molecular formula is C22H32N6. The minimum absolute atomic E-state index is 0.685. The summed E-state index contributed by atoms with van der Waals surface area (Å²) >= 11 is 0. The van der Waals surface area contributed by atoms with Crippen molar-refractivity contribution in [1.82, 2.24) is 30.2 Å². The lowest BCUT2D eigenvalue weighted by molar-refractivity contribution is 0.211. The van der Waals surface area contributed by atoms with Gasteiger partial charge in [0.25, 0.3) is 0 Å². The zero-order valence-corrected chi connectivity index (χ0v) is 17.1. The summed E-state index contributed by atoms with van der Waals surface area (Å²) in [6.45, 7) is 6.77. The van der Waals surface area contributed by atoms with Crippen molar-refractivity contribution in [1.29, 1.82) is 0 Å². The van der Waals surface area contributed by atoms with E-state index < -0.39 is 0 Å². The Morgan fingerprint density at radius 3 is 2.50 bits per heavy atom. The summed E-state index contributed by atoms with van der Waals surface area (Å²) < 4.78 is 1.82. The zero-order valence-electron chi connectivity index (χ0n) is 17.1. The van der Waals surface area contributed by atoms with Crippen LogP contribution in [-0.2, 0) is 13.6 Å². The lowest BCUT2D eigenvalue weighted by Crippen LogP contribution is -2.34. The van der Waals surface area contributed by atoms with Gasteiger partial charge in [0, 0.05) is 51.0 Å². The first kappa shape index (κ1) is 18.3. The molecule has 0 aromatic carbocycles. The number of aryl methyl sites for hydroxylation is 2. The van der Waals surface area contributed by atoms with Crippen molar-refractivity contribution in [2.24, 2.45) is 24.8 Å². The van der Waals surface area contributed by atoms with Gasteiger partial charge in [0.05, 0.1) is 17.1 Å². The highest BCUT2D eigenvalue weighted by Gasteiger charge is 2.55. The fourth-order valence-electron chi connectivity index (χ4n) is 5.47. The van der Waals surface area contributed by atoms with Crippen molar-refractivity contribution in [3.05, 3.63) is 29.7 Å². The van der Waals surface area contributed by atoms with Crippen LogP contribution in [0.3, 0.4) is 0 Å². The monoisotopic (exact) mass is 380 g/mol. The number of nitrogens with zero attached hydrogens (tertiary/aromatic N) is 5. The van der Waals surface area contributed by atoms with E-state index in [4.69, 9.17) is 0 Å². The number of fused-ring (bicyclic) bond motifs is 1. The van der Waals surface area contributed by atoms with Crippen molar-refractivity contribution in [3.8, 4) is 11.3 Å². The van der Waals surface area contributed by atoms with Crippen molar-refractivity contribution in [2.45, 2.75) is 51.6 Å². The maximum absolute atomic E-state index is 4.43. The fourth-order valence-corrected chi connectivity index (χ4v) is 5.47. The molecule has 0 spiro atoms. The van der Waals surface area contributed by atoms with E-state index in [1.54, 1.807) is 0 Å². The van der Waals surface area contributed by atoms with E-state index in [1.807, 2.05) is 24.9 Å². The molecule has 2 unspecified atom stereocenters. The number of piperidine rings is 1. The van der Waals surface area contributed by atoms with Crippen LogP contribution in [0.1, 0.15) is 43.5 Å². The van der Waals surface area contributed by atoms with Gasteiger partial charge >= 0.3 is 0 Å². The Balaban J connectivity index is 1.08. The second-order valence-electron chi connectivity index (χ2n) is 9.17. The van der Waals surface area contributed by atoms with Crippen molar-refractivity contribution >= 4 is 0 Å². The van der Waals surface area contributed by atoms with Crippen LogP contribution < -0.4 is 5.32 Å². The number of rotatable bonds is 6. The van der Waals surface area contributed by atoms with Crippen molar-refractivity contribution in [2.75, 3.05) is 19.6 Å². The molecule has 2 aliphatic carbocycles. The maximum atomic E-state index is 4.43. The van der Waals surface area contributed by atoms with Gasteiger partial charge in [0.15, 0.2) is 0 Å². The molecule has 28 heavy (non-hydrogen) atoms. The van der Waals surface area contributed by atoms with Gasteiger partial charge in [-0.15, -0.1) is 0 Å². The zero-order chi connectivity index (χ0) is 19.1. The van der Waals surface area contributed by atoms with Crippen LogP contribution in [0.2, 0.25) is 0 Å². The van der Waals surface area contributed by atoms with Crippen LogP contribution in [0.4, 0.5) is 0 Å². The molecule has 1 aliphatic heterocycles. The summed E-state index contributed by atoms with van der Waals surface area (Å²) in [5.41, 5.74) is 3.97. The molecule has 0 amide bonds. The molecule has 6 heteroatoms. The largest absolute Gasteiger partial charge is 0.308 e. The summed E-state index contributed by atoms with van der Waals surface area (Å²) in [5.74, 6) is 2.68. The molecule has 2 atom stereocenters. The van der Waals surface area contributed by atoms with Gasteiger partial charge in [-0.2, -0.15) is 15.3 Å². The Kier molecular flexibility index (Phi) is 4.93. The number of aromatic nitrogens is 4. The Morgan fingerprint density at radius 1 is 1.07 bits per heavy atom. The lowest BCUT2D eigenvalue weighted by atomic mass is 9.89. The molecule has 2 aromatic heterocycles. The van der Waals surface area contributed by atoms with Crippen LogP contribution in [-0.4, -0.2) is 50.6 Å². The third-order valence-corrected chi connectivity index (χ3v) is 7.04. The van der Waals surface area contributed by atoms with Crippen LogP contribution in [0.25, 0.3) is 11.3 Å². The van der Waals surface area contributed by atoms with Gasteiger partial charge in [-0.05, 0) is 49.7 Å². The molecule has 5 rings (SSSR count). The topological polar surface area (TPSA) is 58.9 Å². The van der Waals surface area contributed by atoms with E-state index in [1.165, 1.54) is 51.7 Å². The molecular weight excluding hydrogens is 348 g/mol. The molecule has 6 nitrogen and oxygen atoms in total. The summed E-state index contributed by atoms with van der Waals surface area (Å²) in [4.78, 5) is 2.73. The summed E-state index contributed by atoms with van der Waals surface area (Å²) in [6, 6.07) is 4.84. The first-order chi connectivity index (χ1) is 13.7. The Morgan fingerprint density at radius 2 is 1.86 bits per heavy atom. The molecule has 150 valence electrons. The lowest BCUT2D eigenvalue weighted by Gasteiger charge is -2.28. The van der Waals surface area contributed by atoms with E-state index in [0.717, 1.165) is 46.9 Å². The molecule has 1 N–H and O–H groups in total. The van der Waals surface area contributed by atoms with E-state index >= 15 is 0 Å². The van der Waals surface area contributed by atoms with Gasteiger partial charge < -0.3 is 10.2 Å². The second kappa shape index (κ2) is 7.56. The van der Waals surface area contributed by atoms with Gasteiger partial charge in [0.2, 0.25) is 0 Å². The smallest absolute Gasteiger partial charge is 0.0964 e. The third kappa shape index (κ3) is 3.72. The number of likely N-dealkylation sites (tertiary alicyclic amines) is 1. The molecule has 3 aliphatic rings. The molecule has 0 radical (unpaired) electrons. The highest BCUT2D eigenvalue weighted by Crippen LogP contribution is 2.46. The van der Waals surface area contributed by atoms with E-state index in [0.29, 0.717) is 6.04 Å². The van der Waals surface area contributed by atoms with Gasteiger partial charge in [0.1, 0.15) is 0 Å². The SMILES string of the molecule is Cc1nn(C)cc1-c1ccc(CNC2C3CN(CC4CCCCC4)CC32)nn1. The third-order valence-electron chi connectivity index (χ3n) is 7.04. The second-order valence-corrected chi connectivity index (χ2v) is 9.17. The molecule has 2 saturated carbocycles. The fraction of sp³-hybridized carbons (Fsp3) is 0.682. The Bertz CT molecular complexity index is 795. The first-order valence-electron chi connectivity index (χ1n) is 11.0. The van der Waals surface area contributed by atoms with Crippen molar-refractivity contribution < 1.29 is 0 Å². The summed E-state index contributed by atoms with van der Waals surface area (Å²) in [5, 5.41) is 17.0. The van der Waals surface area contributed by atoms with Gasteiger partial charge in [-0.25, -0.2) is 0 Å². The molecule has 3 fully saturated rings. The van der Waals surface area contributed by atoms with E-state index in [-0.39, 0.29) is 0 Å². The van der Waals surface area contributed by atoms with Crippen LogP contribution >= 0.6 is 0 Å². The summed E-state index contributed by atoms with van der Waals surface area (Å²) in [7, 11) is 1.94. The van der Waals surface area contributed by atoms with Gasteiger partial charge in [-0.1, -0.05) is 19.3 Å². The predicted molar refractivity (Wildman–Crippen MR) is 110 cm³/mol. The highest BCUT2D eigenvalue weighted by atomic mass is 15.3. The molecule has 1 saturated heterocycles. The standard InChI is InChI=1S/C22H32N6/c1-15-18(12-27(2)26-15)21-9-8-17(24-25-21)10-23-22-19-13-28(14-20(19)22)11-16-6-4-3-5-7-16/h8-9,12,16,19-20,22-23H,3-7,10-11,13-14H2,1-2H3. The summed E-state index contributed by atoms with van der Waals surface area (Å²) in [6.07, 6.45) is 9.29. The molecule has 0 bridgehead atoms. The van der Waals surface area contributed by atoms with E-state index in [9.17, 15) is 0 Å². The Labute approximate surface area is 167 Å². The Hall–Kier alpha value is -1.79. The van der Waals surface area contributed by atoms with Gasteiger partial charge in [-0.3, -0.25) is 4.68 Å². The normalized spacial score (nSPS) is 27.9. The molecule has 3 heterocycles. The van der Waals surface area contributed by atoms with Crippen LogP contribution in [0.5, 0.6) is 0 Å².